The third kappa shape index (κ3) is 3.12. The lowest BCUT2D eigenvalue weighted by atomic mass is 10.1. The summed E-state index contributed by atoms with van der Waals surface area (Å²) in [6.45, 7) is -0.0441. The van der Waals surface area contributed by atoms with Gasteiger partial charge in [0.25, 0.3) is 0 Å². The predicted molar refractivity (Wildman–Crippen MR) is 50.2 cm³/mol. The van der Waals surface area contributed by atoms with Gasteiger partial charge in [-0.2, -0.15) is 5.26 Å². The molecule has 2 nitrogen and oxygen atoms in total. The average molecular weight is 178 g/mol. The number of nitriles is 1. The largest absolute Gasteiger partial charge is 0.382 e. The Morgan fingerprint density at radius 1 is 1.31 bits per heavy atom. The molecule has 0 aliphatic rings. The van der Waals surface area contributed by atoms with Gasteiger partial charge in [-0.15, -0.1) is 0 Å². The van der Waals surface area contributed by atoms with E-state index >= 15 is 0 Å². The zero-order valence-corrected chi connectivity index (χ0v) is 7.26. The lowest BCUT2D eigenvalue weighted by molar-refractivity contribution is 0.513. The Hall–Kier alpha value is -1.56. The highest BCUT2D eigenvalue weighted by molar-refractivity contribution is 5.44. The Balaban J connectivity index is 2.55. The van der Waals surface area contributed by atoms with E-state index in [1.165, 1.54) is 0 Å². The van der Waals surface area contributed by atoms with E-state index in [0.29, 0.717) is 13.0 Å². The first-order valence-corrected chi connectivity index (χ1v) is 4.12. The Morgan fingerprint density at radius 3 is 2.54 bits per heavy atom. The maximum atomic E-state index is 11.8. The molecule has 0 unspecified atom stereocenters. The molecule has 68 valence electrons. The molecule has 0 saturated heterocycles. The smallest absolute Gasteiger partial charge is 0.107 e. The molecule has 0 aromatic heterocycles. The number of nitrogens with one attached hydrogen (secondary N) is 1. The number of anilines is 1. The fraction of sp³-hybridized carbons (Fsp3) is 0.300. The molecule has 0 heterocycles. The normalized spacial score (nSPS) is 9.23. The lowest BCUT2D eigenvalue weighted by Gasteiger charge is -2.03. The predicted octanol–water partition coefficient (Wildman–Crippen LogP) is 2.13. The van der Waals surface area contributed by atoms with Gasteiger partial charge in [-0.1, -0.05) is 12.1 Å². The molecule has 0 spiro atoms. The van der Waals surface area contributed by atoms with Crippen LogP contribution in [-0.4, -0.2) is 13.2 Å². The van der Waals surface area contributed by atoms with E-state index in [2.05, 4.69) is 11.4 Å². The lowest BCUT2D eigenvalue weighted by Crippen LogP contribution is -2.02. The monoisotopic (exact) mass is 178 g/mol. The van der Waals surface area contributed by atoms with Crippen molar-refractivity contribution in [2.45, 2.75) is 6.42 Å². The highest BCUT2D eigenvalue weighted by atomic mass is 19.1. The first kappa shape index (κ1) is 9.53. The Bertz CT molecular complexity index is 287. The topological polar surface area (TPSA) is 35.8 Å². The van der Waals surface area contributed by atoms with Gasteiger partial charge in [-0.3, -0.25) is 0 Å². The minimum absolute atomic E-state index is 0.331. The van der Waals surface area contributed by atoms with Crippen LogP contribution in [0.4, 0.5) is 10.1 Å². The molecule has 3 heteroatoms. The van der Waals surface area contributed by atoms with Crippen molar-refractivity contribution in [1.29, 1.82) is 5.26 Å². The molecule has 13 heavy (non-hydrogen) atoms. The van der Waals surface area contributed by atoms with Gasteiger partial charge in [0.2, 0.25) is 0 Å². The molecule has 0 atom stereocenters. The zero-order chi connectivity index (χ0) is 9.52. The number of hydrogen-bond donors (Lipinski definition) is 1. The number of nitrogens with zero attached hydrogens (tertiary/aromatic N) is 1. The van der Waals surface area contributed by atoms with Gasteiger partial charge in [0.05, 0.1) is 12.5 Å². The molecule has 0 amide bonds. The van der Waals surface area contributed by atoms with Crippen molar-refractivity contribution in [2.75, 3.05) is 18.5 Å². The van der Waals surface area contributed by atoms with E-state index in [4.69, 9.17) is 5.26 Å². The van der Waals surface area contributed by atoms with Gasteiger partial charge in [0.15, 0.2) is 0 Å². The van der Waals surface area contributed by atoms with E-state index in [-0.39, 0.29) is 6.67 Å². The summed E-state index contributed by atoms with van der Waals surface area (Å²) in [5, 5.41) is 11.3. The van der Waals surface area contributed by atoms with Crippen LogP contribution in [0.5, 0.6) is 0 Å². The van der Waals surface area contributed by atoms with E-state index in [0.717, 1.165) is 11.3 Å². The standard InChI is InChI=1S/C10H11FN2/c11-6-8-13-10-3-1-9(2-4-10)5-7-12/h1-4,13H,5-6,8H2. The summed E-state index contributed by atoms with van der Waals surface area (Å²) in [7, 11) is 0. The summed E-state index contributed by atoms with van der Waals surface area (Å²) in [5.41, 5.74) is 1.87. The second-order valence-electron chi connectivity index (χ2n) is 2.65. The van der Waals surface area contributed by atoms with Crippen molar-refractivity contribution < 1.29 is 4.39 Å². The Morgan fingerprint density at radius 2 is 2.00 bits per heavy atom. The van der Waals surface area contributed by atoms with Crippen LogP contribution in [0.2, 0.25) is 0 Å². The SMILES string of the molecule is N#CCc1ccc(NCCF)cc1. The van der Waals surface area contributed by atoms with E-state index in [9.17, 15) is 4.39 Å². The summed E-state index contributed by atoms with van der Waals surface area (Å²) < 4.78 is 11.8. The maximum absolute atomic E-state index is 11.8. The Labute approximate surface area is 77.0 Å². The van der Waals surface area contributed by atoms with Crippen molar-refractivity contribution in [2.24, 2.45) is 0 Å². The third-order valence-electron chi connectivity index (χ3n) is 1.66. The molecule has 0 bridgehead atoms. The molecule has 1 aromatic carbocycles. The maximum Gasteiger partial charge on any atom is 0.107 e. The van der Waals surface area contributed by atoms with Crippen LogP contribution in [0.25, 0.3) is 0 Å². The van der Waals surface area contributed by atoms with Crippen molar-refractivity contribution in [1.82, 2.24) is 0 Å². The van der Waals surface area contributed by atoms with Gasteiger partial charge < -0.3 is 5.32 Å². The molecular formula is C10H11FN2. The number of hydrogen-bond acceptors (Lipinski definition) is 2. The van der Waals surface area contributed by atoms with Crippen LogP contribution in [0.1, 0.15) is 5.56 Å². The zero-order valence-electron chi connectivity index (χ0n) is 7.26. The fourth-order valence-electron chi connectivity index (χ4n) is 1.02. The minimum Gasteiger partial charge on any atom is -0.382 e. The van der Waals surface area contributed by atoms with Crippen molar-refractivity contribution in [3.63, 3.8) is 0 Å². The molecule has 0 aliphatic carbocycles. The van der Waals surface area contributed by atoms with Crippen molar-refractivity contribution in [3.8, 4) is 6.07 Å². The molecule has 1 aromatic rings. The summed E-state index contributed by atoms with van der Waals surface area (Å²) in [6.07, 6.45) is 0.420. The second-order valence-corrected chi connectivity index (χ2v) is 2.65. The van der Waals surface area contributed by atoms with Gasteiger partial charge in [-0.05, 0) is 17.7 Å². The van der Waals surface area contributed by atoms with Crippen LogP contribution in [0, 0.1) is 11.3 Å². The van der Waals surface area contributed by atoms with Crippen LogP contribution in [0.15, 0.2) is 24.3 Å². The van der Waals surface area contributed by atoms with Crippen LogP contribution in [0.3, 0.4) is 0 Å². The third-order valence-corrected chi connectivity index (χ3v) is 1.66. The average Bonchev–Trinajstić information content (AvgIpc) is 2.17. The van der Waals surface area contributed by atoms with E-state index in [1.807, 2.05) is 24.3 Å². The van der Waals surface area contributed by atoms with Gasteiger partial charge in [-0.25, -0.2) is 4.39 Å². The number of benzene rings is 1. The summed E-state index contributed by atoms with van der Waals surface area (Å²) >= 11 is 0. The van der Waals surface area contributed by atoms with E-state index < -0.39 is 0 Å². The molecule has 0 saturated carbocycles. The summed E-state index contributed by atoms with van der Waals surface area (Å²) in [5.74, 6) is 0. The highest BCUT2D eigenvalue weighted by Crippen LogP contribution is 2.09. The van der Waals surface area contributed by atoms with Gasteiger partial charge in [0, 0.05) is 12.2 Å². The molecule has 0 radical (unpaired) electrons. The summed E-state index contributed by atoms with van der Waals surface area (Å²) in [6, 6.07) is 9.50. The molecule has 0 aliphatic heterocycles. The van der Waals surface area contributed by atoms with Crippen LogP contribution >= 0.6 is 0 Å². The molecule has 1 rings (SSSR count). The minimum atomic E-state index is -0.375. The summed E-state index contributed by atoms with van der Waals surface area (Å²) in [4.78, 5) is 0. The quantitative estimate of drug-likeness (QED) is 0.766. The number of alkyl halides is 1. The highest BCUT2D eigenvalue weighted by Gasteiger charge is 1.92. The van der Waals surface area contributed by atoms with Crippen molar-refractivity contribution >= 4 is 5.69 Å². The fourth-order valence-corrected chi connectivity index (χ4v) is 1.02. The van der Waals surface area contributed by atoms with Crippen LogP contribution in [-0.2, 0) is 6.42 Å². The molecular weight excluding hydrogens is 167 g/mol. The number of halogens is 1. The number of rotatable bonds is 4. The molecule has 0 fully saturated rings. The van der Waals surface area contributed by atoms with E-state index in [1.54, 1.807) is 0 Å². The molecule has 1 N–H and O–H groups in total. The van der Waals surface area contributed by atoms with Crippen LogP contribution < -0.4 is 5.32 Å². The van der Waals surface area contributed by atoms with Gasteiger partial charge >= 0.3 is 0 Å². The first-order valence-electron chi connectivity index (χ1n) is 4.12. The second kappa shape index (κ2) is 5.15. The Kier molecular flexibility index (Phi) is 3.77. The van der Waals surface area contributed by atoms with Gasteiger partial charge in [0.1, 0.15) is 6.67 Å². The van der Waals surface area contributed by atoms with Crippen molar-refractivity contribution in [3.05, 3.63) is 29.8 Å². The first-order chi connectivity index (χ1) is 6.36.